The van der Waals surface area contributed by atoms with Gasteiger partial charge in [0.1, 0.15) is 0 Å². The largest absolute Gasteiger partial charge is 0.493 e. The van der Waals surface area contributed by atoms with E-state index in [1.807, 2.05) is 36.4 Å². The number of hydrogen-bond acceptors (Lipinski definition) is 5. The molecule has 1 aromatic heterocycles. The molecule has 0 radical (unpaired) electrons. The number of aromatic hydroxyl groups is 1. The maximum atomic E-state index is 11.3. The first-order chi connectivity index (χ1) is 14.0. The number of rotatable bonds is 1. The Kier molecular flexibility index (Phi) is 4.28. The Morgan fingerprint density at radius 3 is 2.24 bits per heavy atom. The molecule has 0 aliphatic carbocycles. The number of aromatic nitrogens is 1. The van der Waals surface area contributed by atoms with Crippen LogP contribution in [-0.4, -0.2) is 10.1 Å². The summed E-state index contributed by atoms with van der Waals surface area (Å²) >= 11 is 13.1. The van der Waals surface area contributed by atoms with E-state index < -0.39 is 0 Å². The number of hydrogen-bond donors (Lipinski definition) is 2. The van der Waals surface area contributed by atoms with Crippen LogP contribution in [0.25, 0.3) is 22.7 Å². The van der Waals surface area contributed by atoms with E-state index in [-0.39, 0.29) is 10.8 Å². The van der Waals surface area contributed by atoms with Gasteiger partial charge >= 0.3 is 4.87 Å². The van der Waals surface area contributed by atoms with Crippen LogP contribution in [0.15, 0.2) is 63.3 Å². The van der Waals surface area contributed by atoms with Crippen LogP contribution in [0.3, 0.4) is 0 Å². The number of aromatic amines is 1. The topological polar surface area (TPSA) is 77.8 Å². The minimum Gasteiger partial charge on any atom is -0.493 e. The van der Waals surface area contributed by atoms with Gasteiger partial charge in [0.25, 0.3) is 0 Å². The molecule has 0 amide bonds. The van der Waals surface area contributed by atoms with Crippen molar-refractivity contribution < 1.29 is 5.11 Å². The molecule has 5 rings (SSSR count). The SMILES string of the molecule is O=c1[nH]c(O)c(C=c2ccc3cc(=C4N=c5cc(Cl)c(Cl)cc5=N4)ccc3c2)s1. The Morgan fingerprint density at radius 2 is 1.59 bits per heavy atom. The fourth-order valence-electron chi connectivity index (χ4n) is 3.16. The summed E-state index contributed by atoms with van der Waals surface area (Å²) in [6, 6.07) is 15.3. The molecule has 0 atom stereocenters. The molecular weight excluding hydrogens is 429 g/mol. The van der Waals surface area contributed by atoms with Gasteiger partial charge in [0, 0.05) is 5.22 Å². The van der Waals surface area contributed by atoms with Gasteiger partial charge in [0.2, 0.25) is 5.88 Å². The first-order valence-corrected chi connectivity index (χ1v) is 10.1. The predicted octanol–water partition coefficient (Wildman–Crippen LogP) is 2.45. The summed E-state index contributed by atoms with van der Waals surface area (Å²) < 4.78 is 0. The van der Waals surface area contributed by atoms with Gasteiger partial charge in [-0.3, -0.25) is 9.78 Å². The fourth-order valence-corrected chi connectivity index (χ4v) is 4.17. The van der Waals surface area contributed by atoms with Crippen LogP contribution in [0, 0.1) is 0 Å². The van der Waals surface area contributed by atoms with E-state index in [0.717, 1.165) is 32.5 Å². The molecule has 0 saturated heterocycles. The predicted molar refractivity (Wildman–Crippen MR) is 116 cm³/mol. The Hall–Kier alpha value is -2.93. The van der Waals surface area contributed by atoms with Crippen molar-refractivity contribution in [3.05, 3.63) is 94.3 Å². The molecule has 29 heavy (non-hydrogen) atoms. The minimum absolute atomic E-state index is 0.115. The van der Waals surface area contributed by atoms with Crippen molar-refractivity contribution in [1.82, 2.24) is 4.98 Å². The lowest BCUT2D eigenvalue weighted by Crippen LogP contribution is -2.20. The van der Waals surface area contributed by atoms with E-state index >= 15 is 0 Å². The molecule has 2 heterocycles. The molecule has 5 nitrogen and oxygen atoms in total. The van der Waals surface area contributed by atoms with Crippen LogP contribution in [-0.2, 0) is 0 Å². The van der Waals surface area contributed by atoms with Crippen LogP contribution in [0.5, 0.6) is 5.88 Å². The minimum atomic E-state index is -0.288. The highest BCUT2D eigenvalue weighted by Crippen LogP contribution is 2.18. The third-order valence-corrected chi connectivity index (χ3v) is 6.09. The number of benzene rings is 3. The molecule has 0 bridgehead atoms. The molecule has 0 spiro atoms. The highest BCUT2D eigenvalue weighted by molar-refractivity contribution is 7.10. The number of fused-ring (bicyclic) bond motifs is 2. The van der Waals surface area contributed by atoms with Gasteiger partial charge in [-0.25, -0.2) is 9.98 Å². The first-order valence-electron chi connectivity index (χ1n) is 8.57. The zero-order chi connectivity index (χ0) is 20.1. The highest BCUT2D eigenvalue weighted by Gasteiger charge is 2.07. The van der Waals surface area contributed by atoms with Gasteiger partial charge in [0.15, 0.2) is 5.82 Å². The van der Waals surface area contributed by atoms with Gasteiger partial charge in [-0.2, -0.15) is 0 Å². The zero-order valence-electron chi connectivity index (χ0n) is 14.6. The van der Waals surface area contributed by atoms with Crippen molar-refractivity contribution in [3.8, 4) is 5.88 Å². The summed E-state index contributed by atoms with van der Waals surface area (Å²) in [5.41, 5.74) is 0. The molecule has 142 valence electrons. The monoisotopic (exact) mass is 439 g/mol. The Bertz CT molecular complexity index is 1580. The lowest BCUT2D eigenvalue weighted by atomic mass is 10.1. The normalized spacial score (nSPS) is 13.4. The highest BCUT2D eigenvalue weighted by atomic mass is 35.5. The number of nitrogens with one attached hydrogen (secondary N) is 1. The molecule has 2 N–H and O–H groups in total. The number of nitrogens with zero attached hydrogens (tertiary/aromatic N) is 2. The molecule has 0 saturated carbocycles. The van der Waals surface area contributed by atoms with Crippen LogP contribution in [0.2, 0.25) is 10.0 Å². The average Bonchev–Trinajstić information content (AvgIpc) is 3.24. The summed E-state index contributed by atoms with van der Waals surface area (Å²) in [7, 11) is 0. The summed E-state index contributed by atoms with van der Waals surface area (Å²) in [5, 5.41) is 15.9. The molecule has 0 unspecified atom stereocenters. The van der Waals surface area contributed by atoms with Crippen LogP contribution >= 0.6 is 34.5 Å². The quantitative estimate of drug-likeness (QED) is 0.477. The van der Waals surface area contributed by atoms with Crippen molar-refractivity contribution in [2.24, 2.45) is 9.98 Å². The Morgan fingerprint density at radius 1 is 0.931 bits per heavy atom. The second-order valence-corrected chi connectivity index (χ2v) is 8.32. The third kappa shape index (κ3) is 3.35. The molecule has 4 aromatic rings. The Balaban J connectivity index is 1.64. The smallest absolute Gasteiger partial charge is 0.307 e. The molecular formula is C21H11Cl2N3O2S. The molecule has 1 aliphatic rings. The van der Waals surface area contributed by atoms with Crippen molar-refractivity contribution in [2.45, 2.75) is 0 Å². The summed E-state index contributed by atoms with van der Waals surface area (Å²) in [5.74, 6) is 0.494. The molecule has 8 heteroatoms. The molecule has 3 aromatic carbocycles. The van der Waals surface area contributed by atoms with E-state index in [1.165, 1.54) is 0 Å². The standard InChI is InChI=1S/C21H11Cl2N3O2S/c22-14-8-16-17(9-15(14)23)25-19(24-16)13-4-3-11-5-10(1-2-12(11)7-13)6-18-20(27)26-21(28)29-18/h1-9,27H,(H,26,28). The van der Waals surface area contributed by atoms with Crippen LogP contribution in [0.1, 0.15) is 4.88 Å². The Labute approximate surface area is 177 Å². The average molecular weight is 440 g/mol. The van der Waals surface area contributed by atoms with E-state index in [9.17, 15) is 9.90 Å². The fraction of sp³-hybridized carbons (Fsp3) is 0. The maximum absolute atomic E-state index is 11.3. The number of thiazole rings is 1. The van der Waals surface area contributed by atoms with E-state index in [2.05, 4.69) is 15.0 Å². The van der Waals surface area contributed by atoms with Crippen LogP contribution < -0.4 is 26.0 Å². The van der Waals surface area contributed by atoms with Crippen molar-refractivity contribution in [3.63, 3.8) is 0 Å². The molecule has 1 aliphatic heterocycles. The van der Waals surface area contributed by atoms with Gasteiger partial charge in [0.05, 0.1) is 25.6 Å². The van der Waals surface area contributed by atoms with Gasteiger partial charge < -0.3 is 5.11 Å². The van der Waals surface area contributed by atoms with Gasteiger partial charge in [-0.15, -0.1) is 0 Å². The van der Waals surface area contributed by atoms with Crippen LogP contribution in [0.4, 0.5) is 0 Å². The second-order valence-electron chi connectivity index (χ2n) is 6.50. The van der Waals surface area contributed by atoms with Gasteiger partial charge in [-0.05, 0) is 46.3 Å². The van der Waals surface area contributed by atoms with Crippen molar-refractivity contribution in [1.29, 1.82) is 0 Å². The number of H-pyrrole nitrogens is 1. The first kappa shape index (κ1) is 18.1. The zero-order valence-corrected chi connectivity index (χ0v) is 16.9. The lowest BCUT2D eigenvalue weighted by Gasteiger charge is -1.98. The second kappa shape index (κ2) is 6.84. The van der Waals surface area contributed by atoms with Gasteiger partial charge in [-0.1, -0.05) is 58.8 Å². The maximum Gasteiger partial charge on any atom is 0.307 e. The van der Waals surface area contributed by atoms with Crippen molar-refractivity contribution in [2.75, 3.05) is 0 Å². The van der Waals surface area contributed by atoms with E-state index in [0.29, 0.717) is 31.5 Å². The van der Waals surface area contributed by atoms with E-state index in [1.54, 1.807) is 18.2 Å². The third-order valence-electron chi connectivity index (χ3n) is 4.55. The molecule has 0 fully saturated rings. The summed E-state index contributed by atoms with van der Waals surface area (Å²) in [6.07, 6.45) is 1.77. The number of halogens is 2. The summed E-state index contributed by atoms with van der Waals surface area (Å²) in [4.78, 5) is 23.0. The van der Waals surface area contributed by atoms with Crippen molar-refractivity contribution >= 4 is 57.2 Å². The lowest BCUT2D eigenvalue weighted by molar-refractivity contribution is 0.455. The van der Waals surface area contributed by atoms with E-state index in [4.69, 9.17) is 23.2 Å². The summed E-state index contributed by atoms with van der Waals surface area (Å²) in [6.45, 7) is 0.